The van der Waals surface area contributed by atoms with Crippen LogP contribution < -0.4 is 19.7 Å². The number of nitro groups is 1. The molecule has 1 aliphatic heterocycles. The molecule has 0 aromatic heterocycles. The molecule has 158 valence electrons. The van der Waals surface area contributed by atoms with Gasteiger partial charge in [0.05, 0.1) is 36.3 Å². The van der Waals surface area contributed by atoms with E-state index in [1.165, 1.54) is 20.3 Å². The molecule has 1 atom stereocenters. The molecule has 1 N–H and O–H groups in total. The molecule has 1 amide bonds. The Kier molecular flexibility index (Phi) is 5.21. The minimum absolute atomic E-state index is 0.180. The van der Waals surface area contributed by atoms with E-state index in [1.54, 1.807) is 29.2 Å². The molecule has 8 nitrogen and oxygen atoms in total. The third-order valence-corrected chi connectivity index (χ3v) is 5.33. The van der Waals surface area contributed by atoms with Gasteiger partial charge in [0.2, 0.25) is 0 Å². The van der Waals surface area contributed by atoms with Gasteiger partial charge < -0.3 is 14.8 Å². The maximum atomic E-state index is 13.6. The molecule has 0 radical (unpaired) electrons. The summed E-state index contributed by atoms with van der Waals surface area (Å²) in [6.07, 6.45) is -0.830. The highest BCUT2D eigenvalue weighted by Crippen LogP contribution is 2.44. The Labute approximate surface area is 179 Å². The van der Waals surface area contributed by atoms with E-state index in [2.05, 4.69) is 5.32 Å². The number of aryl methyl sites for hydroxylation is 1. The van der Waals surface area contributed by atoms with Crippen LogP contribution in [0.5, 0.6) is 11.5 Å². The lowest BCUT2D eigenvalue weighted by molar-refractivity contribution is -0.385. The monoisotopic (exact) mass is 419 g/mol. The first-order valence-electron chi connectivity index (χ1n) is 9.61. The fourth-order valence-corrected chi connectivity index (χ4v) is 3.81. The minimum Gasteiger partial charge on any atom is -0.493 e. The van der Waals surface area contributed by atoms with E-state index in [9.17, 15) is 14.9 Å². The number of rotatable bonds is 5. The van der Waals surface area contributed by atoms with Crippen molar-refractivity contribution in [2.24, 2.45) is 0 Å². The molecule has 31 heavy (non-hydrogen) atoms. The number of amides is 1. The van der Waals surface area contributed by atoms with Gasteiger partial charge >= 0.3 is 0 Å². The lowest BCUT2D eigenvalue weighted by Gasteiger charge is -2.38. The SMILES string of the molecule is COc1cc([C@H]2Nc3ccccc3C(=O)N2c2ccccc2C)c([N+](=O)[O-])cc1OC. The fraction of sp³-hybridized carbons (Fsp3) is 0.174. The highest BCUT2D eigenvalue weighted by Gasteiger charge is 2.38. The third kappa shape index (κ3) is 3.42. The van der Waals surface area contributed by atoms with Crippen LogP contribution in [0.25, 0.3) is 0 Å². The van der Waals surface area contributed by atoms with Gasteiger partial charge in [0.25, 0.3) is 11.6 Å². The molecule has 3 aromatic rings. The van der Waals surface area contributed by atoms with Gasteiger partial charge in [-0.25, -0.2) is 0 Å². The van der Waals surface area contributed by atoms with Gasteiger partial charge in [0.15, 0.2) is 11.5 Å². The van der Waals surface area contributed by atoms with Crippen molar-refractivity contribution < 1.29 is 19.2 Å². The Bertz CT molecular complexity index is 1180. The number of nitrogens with zero attached hydrogens (tertiary/aromatic N) is 2. The molecule has 1 aliphatic rings. The van der Waals surface area contributed by atoms with E-state index in [0.29, 0.717) is 22.7 Å². The maximum Gasteiger partial charge on any atom is 0.280 e. The number of hydrogen-bond acceptors (Lipinski definition) is 6. The summed E-state index contributed by atoms with van der Waals surface area (Å²) in [4.78, 5) is 26.6. The molecular weight excluding hydrogens is 398 g/mol. The van der Waals surface area contributed by atoms with Gasteiger partial charge in [-0.05, 0) is 36.8 Å². The molecular formula is C23H21N3O5. The molecule has 1 heterocycles. The van der Waals surface area contributed by atoms with Crippen LogP contribution >= 0.6 is 0 Å². The first-order chi connectivity index (χ1) is 15.0. The molecule has 4 rings (SSSR count). The van der Waals surface area contributed by atoms with Gasteiger partial charge in [-0.3, -0.25) is 19.8 Å². The van der Waals surface area contributed by atoms with Crippen molar-refractivity contribution in [3.8, 4) is 11.5 Å². The molecule has 0 bridgehead atoms. The van der Waals surface area contributed by atoms with Crippen molar-refractivity contribution in [3.63, 3.8) is 0 Å². The van der Waals surface area contributed by atoms with Crippen LogP contribution in [0.4, 0.5) is 17.1 Å². The van der Waals surface area contributed by atoms with Crippen LogP contribution in [0.2, 0.25) is 0 Å². The second-order valence-corrected chi connectivity index (χ2v) is 7.08. The van der Waals surface area contributed by atoms with E-state index >= 15 is 0 Å². The molecule has 0 fully saturated rings. The lowest BCUT2D eigenvalue weighted by atomic mass is 10.00. The summed E-state index contributed by atoms with van der Waals surface area (Å²) in [5.74, 6) is 0.321. The zero-order valence-electron chi connectivity index (χ0n) is 17.3. The summed E-state index contributed by atoms with van der Waals surface area (Å²) in [6, 6.07) is 17.4. The fourth-order valence-electron chi connectivity index (χ4n) is 3.81. The second kappa shape index (κ2) is 7.98. The van der Waals surface area contributed by atoms with E-state index in [1.807, 2.05) is 37.3 Å². The number of nitro benzene ring substituents is 1. The maximum absolute atomic E-state index is 13.6. The van der Waals surface area contributed by atoms with Crippen molar-refractivity contribution in [1.29, 1.82) is 0 Å². The minimum atomic E-state index is -0.830. The third-order valence-electron chi connectivity index (χ3n) is 5.33. The number of ether oxygens (including phenoxy) is 2. The first kappa shape index (κ1) is 20.2. The number of fused-ring (bicyclic) bond motifs is 1. The number of para-hydroxylation sites is 2. The van der Waals surface area contributed by atoms with Crippen LogP contribution in [0.1, 0.15) is 27.7 Å². The summed E-state index contributed by atoms with van der Waals surface area (Å²) in [5, 5.41) is 15.3. The number of anilines is 2. The average molecular weight is 419 g/mol. The van der Waals surface area contributed by atoms with Gasteiger partial charge in [-0.2, -0.15) is 0 Å². The summed E-state index contributed by atoms with van der Waals surface area (Å²) in [5.41, 5.74) is 2.72. The molecule has 0 saturated heterocycles. The van der Waals surface area contributed by atoms with Gasteiger partial charge in [0, 0.05) is 11.4 Å². The summed E-state index contributed by atoms with van der Waals surface area (Å²) >= 11 is 0. The predicted molar refractivity (Wildman–Crippen MR) is 117 cm³/mol. The number of methoxy groups -OCH3 is 2. The van der Waals surface area contributed by atoms with E-state index < -0.39 is 11.1 Å². The van der Waals surface area contributed by atoms with Crippen LogP contribution in [-0.4, -0.2) is 25.1 Å². The number of nitrogens with one attached hydrogen (secondary N) is 1. The zero-order valence-corrected chi connectivity index (χ0v) is 17.3. The number of carbonyl (C=O) groups excluding carboxylic acids is 1. The van der Waals surface area contributed by atoms with Crippen molar-refractivity contribution in [2.75, 3.05) is 24.4 Å². The molecule has 8 heteroatoms. The van der Waals surface area contributed by atoms with Crippen molar-refractivity contribution >= 4 is 23.0 Å². The molecule has 3 aromatic carbocycles. The van der Waals surface area contributed by atoms with Crippen LogP contribution in [0, 0.1) is 17.0 Å². The largest absolute Gasteiger partial charge is 0.493 e. The van der Waals surface area contributed by atoms with Crippen LogP contribution in [-0.2, 0) is 0 Å². The predicted octanol–water partition coefficient (Wildman–Crippen LogP) is 4.69. The lowest BCUT2D eigenvalue weighted by Crippen LogP contribution is -2.43. The summed E-state index contributed by atoms with van der Waals surface area (Å²) in [7, 11) is 2.88. The highest BCUT2D eigenvalue weighted by atomic mass is 16.6. The first-order valence-corrected chi connectivity index (χ1v) is 9.61. The summed E-state index contributed by atoms with van der Waals surface area (Å²) < 4.78 is 10.6. The van der Waals surface area contributed by atoms with Crippen molar-refractivity contribution in [3.05, 3.63) is 87.5 Å². The van der Waals surface area contributed by atoms with Gasteiger partial charge in [-0.1, -0.05) is 30.3 Å². The Balaban J connectivity index is 1.98. The van der Waals surface area contributed by atoms with Crippen LogP contribution in [0.15, 0.2) is 60.7 Å². The van der Waals surface area contributed by atoms with E-state index in [0.717, 1.165) is 5.56 Å². The normalized spacial score (nSPS) is 15.1. The zero-order chi connectivity index (χ0) is 22.1. The Morgan fingerprint density at radius 2 is 1.65 bits per heavy atom. The summed E-state index contributed by atoms with van der Waals surface area (Å²) in [6.45, 7) is 1.89. The van der Waals surface area contributed by atoms with E-state index in [-0.39, 0.29) is 22.9 Å². The smallest absolute Gasteiger partial charge is 0.280 e. The van der Waals surface area contributed by atoms with Gasteiger partial charge in [-0.15, -0.1) is 0 Å². The topological polar surface area (TPSA) is 93.9 Å². The Morgan fingerprint density at radius 3 is 2.32 bits per heavy atom. The number of hydrogen-bond donors (Lipinski definition) is 1. The number of benzene rings is 3. The van der Waals surface area contributed by atoms with Crippen molar-refractivity contribution in [1.82, 2.24) is 0 Å². The molecule has 0 aliphatic carbocycles. The average Bonchev–Trinajstić information content (AvgIpc) is 2.78. The van der Waals surface area contributed by atoms with Crippen molar-refractivity contribution in [2.45, 2.75) is 13.1 Å². The van der Waals surface area contributed by atoms with E-state index in [4.69, 9.17) is 9.47 Å². The highest BCUT2D eigenvalue weighted by molar-refractivity contribution is 6.12. The molecule has 0 unspecified atom stereocenters. The van der Waals surface area contributed by atoms with Gasteiger partial charge in [0.1, 0.15) is 6.17 Å². The standard InChI is InChI=1S/C23H21N3O5/c1-14-8-4-7-11-18(14)25-22(24-17-10-6-5-9-15(17)23(25)27)16-12-20(30-2)21(31-3)13-19(16)26(28)29/h4-13,22,24H,1-3H3/t22-/m0/s1. The molecule has 0 spiro atoms. The Hall–Kier alpha value is -4.07. The number of carbonyl (C=O) groups is 1. The van der Waals surface area contributed by atoms with Crippen LogP contribution in [0.3, 0.4) is 0 Å². The Morgan fingerprint density at radius 1 is 1.00 bits per heavy atom. The molecule has 0 saturated carbocycles. The quantitative estimate of drug-likeness (QED) is 0.476. The second-order valence-electron chi connectivity index (χ2n) is 7.08.